The highest BCUT2D eigenvalue weighted by molar-refractivity contribution is 9.10. The lowest BCUT2D eigenvalue weighted by Gasteiger charge is -2.14. The molecule has 1 saturated carbocycles. The van der Waals surface area contributed by atoms with E-state index in [2.05, 4.69) is 47.3 Å². The maximum Gasteiger partial charge on any atom is 0.248 e. The molecule has 1 aliphatic rings. The number of amides is 1. The van der Waals surface area contributed by atoms with E-state index >= 15 is 0 Å². The third-order valence-corrected chi connectivity index (χ3v) is 5.66. The molecule has 7 heteroatoms. The van der Waals surface area contributed by atoms with Crippen LogP contribution < -0.4 is 5.32 Å². The van der Waals surface area contributed by atoms with E-state index in [1.165, 1.54) is 0 Å². The Hall–Kier alpha value is -1.99. The average Bonchev–Trinajstić information content (AvgIpc) is 3.34. The molecular weight excluding hydrogens is 460 g/mol. The largest absolute Gasteiger partial charge is 0.292 e. The number of carbonyl (C=O) groups is 1. The molecule has 5 nitrogen and oxygen atoms in total. The van der Waals surface area contributed by atoms with Gasteiger partial charge in [0.15, 0.2) is 0 Å². The summed E-state index contributed by atoms with van der Waals surface area (Å²) in [5.74, 6) is 0.303. The number of benzene rings is 2. The number of hydrogen-bond donors (Lipinski definition) is 1. The van der Waals surface area contributed by atoms with Crippen LogP contribution in [0, 0.1) is 0 Å². The predicted octanol–water partition coefficient (Wildman–Crippen LogP) is 4.52. The fraction of sp³-hybridized carbons (Fsp3) is 0.211. The van der Waals surface area contributed by atoms with Crippen molar-refractivity contribution in [2.45, 2.75) is 24.8 Å². The van der Waals surface area contributed by atoms with Crippen molar-refractivity contribution in [1.82, 2.24) is 14.8 Å². The van der Waals surface area contributed by atoms with Crippen LogP contribution in [0.5, 0.6) is 0 Å². The summed E-state index contributed by atoms with van der Waals surface area (Å²) >= 11 is 6.86. The maximum absolute atomic E-state index is 12.8. The molecule has 26 heavy (non-hydrogen) atoms. The molecule has 1 heterocycles. The van der Waals surface area contributed by atoms with Crippen molar-refractivity contribution in [3.8, 4) is 0 Å². The summed E-state index contributed by atoms with van der Waals surface area (Å²) in [6.45, 7) is 0.605. The minimum atomic E-state index is -0.447. The molecular formula is C19H16Br2N4O. The molecule has 1 aromatic heterocycles. The van der Waals surface area contributed by atoms with Crippen LogP contribution in [0.1, 0.15) is 24.0 Å². The molecule has 0 spiro atoms. The molecule has 1 fully saturated rings. The first-order valence-corrected chi connectivity index (χ1v) is 9.85. The summed E-state index contributed by atoms with van der Waals surface area (Å²) in [4.78, 5) is 17.0. The summed E-state index contributed by atoms with van der Waals surface area (Å²) < 4.78 is 3.76. The third kappa shape index (κ3) is 3.59. The molecule has 132 valence electrons. The lowest BCUT2D eigenvalue weighted by atomic mass is 9.95. The minimum absolute atomic E-state index is 0.0405. The molecule has 0 unspecified atom stereocenters. The van der Waals surface area contributed by atoms with E-state index in [1.54, 1.807) is 11.0 Å². The van der Waals surface area contributed by atoms with Gasteiger partial charge in [-0.2, -0.15) is 0 Å². The van der Waals surface area contributed by atoms with Gasteiger partial charge in [0.25, 0.3) is 0 Å². The van der Waals surface area contributed by atoms with Crippen LogP contribution in [-0.2, 0) is 16.8 Å². The minimum Gasteiger partial charge on any atom is -0.292 e. The molecule has 0 atom stereocenters. The Labute approximate surface area is 168 Å². The van der Waals surface area contributed by atoms with Gasteiger partial charge in [-0.15, -0.1) is 5.10 Å². The molecule has 0 radical (unpaired) electrons. The molecule has 1 amide bonds. The Kier molecular flexibility index (Phi) is 4.67. The standard InChI is InChI=1S/C19H16Br2N4O/c20-15-5-1-13(2-6-15)11-25-12-22-18(24-25)23-17(26)19(9-10-19)14-3-7-16(21)8-4-14/h1-8,12H,9-11H2,(H,23,24,26). The fourth-order valence-corrected chi connectivity index (χ4v) is 3.50. The predicted molar refractivity (Wildman–Crippen MR) is 107 cm³/mol. The van der Waals surface area contributed by atoms with Gasteiger partial charge in [-0.3, -0.25) is 10.1 Å². The summed E-state index contributed by atoms with van der Waals surface area (Å²) in [5.41, 5.74) is 1.70. The van der Waals surface area contributed by atoms with E-state index in [-0.39, 0.29) is 5.91 Å². The molecule has 2 aromatic carbocycles. The van der Waals surface area contributed by atoms with Crippen LogP contribution in [0.2, 0.25) is 0 Å². The number of nitrogens with zero attached hydrogens (tertiary/aromatic N) is 3. The zero-order valence-electron chi connectivity index (χ0n) is 13.8. The lowest BCUT2D eigenvalue weighted by molar-refractivity contribution is -0.118. The Morgan fingerprint density at radius 2 is 1.65 bits per heavy atom. The van der Waals surface area contributed by atoms with Crippen LogP contribution in [0.15, 0.2) is 63.8 Å². The lowest BCUT2D eigenvalue weighted by Crippen LogP contribution is -2.28. The van der Waals surface area contributed by atoms with Crippen LogP contribution in [0.25, 0.3) is 0 Å². The SMILES string of the molecule is O=C(Nc1ncn(Cc2ccc(Br)cc2)n1)C1(c2ccc(Br)cc2)CC1. The Bertz CT molecular complexity index is 931. The van der Waals surface area contributed by atoms with Gasteiger partial charge in [-0.05, 0) is 48.2 Å². The Morgan fingerprint density at radius 3 is 2.27 bits per heavy atom. The first-order chi connectivity index (χ1) is 12.5. The molecule has 0 saturated heterocycles. The van der Waals surface area contributed by atoms with Gasteiger partial charge in [0, 0.05) is 8.95 Å². The third-order valence-electron chi connectivity index (χ3n) is 4.60. The second-order valence-corrected chi connectivity index (χ2v) is 8.27. The maximum atomic E-state index is 12.8. The van der Waals surface area contributed by atoms with E-state index < -0.39 is 5.41 Å². The second-order valence-electron chi connectivity index (χ2n) is 6.44. The normalized spacial score (nSPS) is 14.8. The van der Waals surface area contributed by atoms with Crippen molar-refractivity contribution in [2.75, 3.05) is 5.32 Å². The molecule has 0 aliphatic heterocycles. The van der Waals surface area contributed by atoms with Gasteiger partial charge in [0.1, 0.15) is 6.33 Å². The highest BCUT2D eigenvalue weighted by Crippen LogP contribution is 2.49. The van der Waals surface area contributed by atoms with Crippen molar-refractivity contribution in [1.29, 1.82) is 0 Å². The van der Waals surface area contributed by atoms with Crippen LogP contribution in [-0.4, -0.2) is 20.7 Å². The number of carbonyl (C=O) groups excluding carboxylic acids is 1. The number of nitrogens with one attached hydrogen (secondary N) is 1. The number of hydrogen-bond acceptors (Lipinski definition) is 3. The summed E-state index contributed by atoms with van der Waals surface area (Å²) in [6, 6.07) is 16.0. The van der Waals surface area contributed by atoms with Crippen molar-refractivity contribution in [3.63, 3.8) is 0 Å². The van der Waals surface area contributed by atoms with E-state index in [1.807, 2.05) is 48.5 Å². The van der Waals surface area contributed by atoms with Gasteiger partial charge in [0.2, 0.25) is 11.9 Å². The molecule has 1 N–H and O–H groups in total. The zero-order valence-corrected chi connectivity index (χ0v) is 17.0. The van der Waals surface area contributed by atoms with E-state index in [4.69, 9.17) is 0 Å². The van der Waals surface area contributed by atoms with Crippen LogP contribution >= 0.6 is 31.9 Å². The van der Waals surface area contributed by atoms with Crippen molar-refractivity contribution >= 4 is 43.7 Å². The van der Waals surface area contributed by atoms with Crippen molar-refractivity contribution < 1.29 is 4.79 Å². The van der Waals surface area contributed by atoms with E-state index in [0.717, 1.165) is 32.9 Å². The first-order valence-electron chi connectivity index (χ1n) is 8.27. The molecule has 1 aliphatic carbocycles. The van der Waals surface area contributed by atoms with E-state index in [0.29, 0.717) is 12.5 Å². The van der Waals surface area contributed by atoms with Crippen molar-refractivity contribution in [2.24, 2.45) is 0 Å². The smallest absolute Gasteiger partial charge is 0.248 e. The van der Waals surface area contributed by atoms with Gasteiger partial charge >= 0.3 is 0 Å². The number of rotatable bonds is 5. The first kappa shape index (κ1) is 17.4. The number of halogens is 2. The Morgan fingerprint density at radius 1 is 1.04 bits per heavy atom. The van der Waals surface area contributed by atoms with Gasteiger partial charge < -0.3 is 0 Å². The highest BCUT2D eigenvalue weighted by atomic mass is 79.9. The Balaban J connectivity index is 1.44. The quantitative estimate of drug-likeness (QED) is 0.590. The summed E-state index contributed by atoms with van der Waals surface area (Å²) in [5, 5.41) is 7.24. The summed E-state index contributed by atoms with van der Waals surface area (Å²) in [7, 11) is 0. The van der Waals surface area contributed by atoms with Crippen molar-refractivity contribution in [3.05, 3.63) is 74.9 Å². The summed E-state index contributed by atoms with van der Waals surface area (Å²) in [6.07, 6.45) is 3.33. The molecule has 4 rings (SSSR count). The zero-order chi connectivity index (χ0) is 18.1. The van der Waals surface area contributed by atoms with Gasteiger partial charge in [-0.25, -0.2) is 9.67 Å². The number of aromatic nitrogens is 3. The molecule has 3 aromatic rings. The fourth-order valence-electron chi connectivity index (χ4n) is 2.97. The van der Waals surface area contributed by atoms with Crippen LogP contribution in [0.4, 0.5) is 5.95 Å². The number of anilines is 1. The topological polar surface area (TPSA) is 59.8 Å². The van der Waals surface area contributed by atoms with Gasteiger partial charge in [0.05, 0.1) is 12.0 Å². The van der Waals surface area contributed by atoms with Crippen LogP contribution in [0.3, 0.4) is 0 Å². The second kappa shape index (κ2) is 6.96. The average molecular weight is 476 g/mol. The molecule has 0 bridgehead atoms. The van der Waals surface area contributed by atoms with E-state index in [9.17, 15) is 4.79 Å². The highest BCUT2D eigenvalue weighted by Gasteiger charge is 2.51. The monoisotopic (exact) mass is 474 g/mol. The van der Waals surface area contributed by atoms with Gasteiger partial charge in [-0.1, -0.05) is 56.1 Å².